The minimum absolute atomic E-state index is 0.0897. The lowest BCUT2D eigenvalue weighted by Gasteiger charge is -2.11. The number of hydrogen-bond acceptors (Lipinski definition) is 4. The van der Waals surface area contributed by atoms with Crippen LogP contribution in [-0.4, -0.2) is 24.2 Å². The van der Waals surface area contributed by atoms with E-state index in [-0.39, 0.29) is 4.90 Å². The maximum Gasteiger partial charge on any atom is 0.286 e. The molecule has 7 heteroatoms. The van der Waals surface area contributed by atoms with E-state index in [2.05, 4.69) is 21.0 Å². The van der Waals surface area contributed by atoms with Gasteiger partial charge in [-0.1, -0.05) is 15.9 Å². The molecular formula is C12H13BrN2O3S. The van der Waals surface area contributed by atoms with Crippen molar-refractivity contribution >= 4 is 26.0 Å². The summed E-state index contributed by atoms with van der Waals surface area (Å²) >= 11 is 3.27. The predicted molar refractivity (Wildman–Crippen MR) is 74.9 cm³/mol. The van der Waals surface area contributed by atoms with Crippen LogP contribution < -0.4 is 4.74 Å². The Bertz CT molecular complexity index is 695. The van der Waals surface area contributed by atoms with Crippen molar-refractivity contribution in [3.63, 3.8) is 0 Å². The van der Waals surface area contributed by atoms with Crippen LogP contribution in [0.4, 0.5) is 0 Å². The number of halogens is 1. The third-order valence-corrected chi connectivity index (χ3v) is 4.49. The number of rotatable bonds is 4. The molecule has 0 N–H and O–H groups in total. The second-order valence-electron chi connectivity index (χ2n) is 3.86. The number of hydrogen-bond donors (Lipinski definition) is 0. The molecule has 0 aliphatic rings. The van der Waals surface area contributed by atoms with Crippen molar-refractivity contribution in [2.45, 2.75) is 18.7 Å². The molecule has 102 valence electrons. The summed E-state index contributed by atoms with van der Waals surface area (Å²) in [6.07, 6.45) is 1.42. The number of benzene rings is 1. The van der Waals surface area contributed by atoms with Crippen molar-refractivity contribution in [1.82, 2.24) is 9.19 Å². The third kappa shape index (κ3) is 2.82. The van der Waals surface area contributed by atoms with Crippen LogP contribution in [0.5, 0.6) is 5.75 Å². The minimum atomic E-state index is -3.74. The maximum absolute atomic E-state index is 12.5. The van der Waals surface area contributed by atoms with Gasteiger partial charge in [-0.3, -0.25) is 0 Å². The summed E-state index contributed by atoms with van der Waals surface area (Å²) in [7, 11) is -3.74. The molecule has 0 saturated carbocycles. The predicted octanol–water partition coefficient (Wildman–Crippen LogP) is 2.59. The van der Waals surface area contributed by atoms with E-state index >= 15 is 0 Å². The molecule has 5 nitrogen and oxygen atoms in total. The largest absolute Gasteiger partial charge is 0.492 e. The van der Waals surface area contributed by atoms with Crippen LogP contribution in [-0.2, 0) is 10.0 Å². The van der Waals surface area contributed by atoms with E-state index in [1.807, 2.05) is 0 Å². The fraction of sp³-hybridized carbons (Fsp3) is 0.250. The molecule has 2 aromatic rings. The quantitative estimate of drug-likeness (QED) is 0.855. The SMILES string of the molecule is CCOc1ccc(Br)cc1S(=O)(=O)n1ccc(C)n1. The van der Waals surface area contributed by atoms with Crippen LogP contribution in [0.3, 0.4) is 0 Å². The highest BCUT2D eigenvalue weighted by Crippen LogP contribution is 2.29. The van der Waals surface area contributed by atoms with Gasteiger partial charge in [0.05, 0.1) is 12.3 Å². The molecule has 1 heterocycles. The summed E-state index contributed by atoms with van der Waals surface area (Å²) < 4.78 is 32.0. The molecule has 0 atom stereocenters. The highest BCUT2D eigenvalue weighted by atomic mass is 79.9. The summed E-state index contributed by atoms with van der Waals surface area (Å²) in [5, 5.41) is 3.95. The van der Waals surface area contributed by atoms with Gasteiger partial charge in [-0.2, -0.15) is 17.6 Å². The second-order valence-corrected chi connectivity index (χ2v) is 6.54. The van der Waals surface area contributed by atoms with E-state index in [1.165, 1.54) is 12.3 Å². The summed E-state index contributed by atoms with van der Waals surface area (Å²) in [4.78, 5) is 0.0897. The Balaban J connectivity index is 2.59. The smallest absolute Gasteiger partial charge is 0.286 e. The lowest BCUT2D eigenvalue weighted by molar-refractivity contribution is 0.331. The van der Waals surface area contributed by atoms with Gasteiger partial charge in [-0.25, -0.2) is 0 Å². The first-order valence-electron chi connectivity index (χ1n) is 5.65. The number of aromatic nitrogens is 2. The Kier molecular flexibility index (Phi) is 3.96. The molecule has 0 bridgehead atoms. The molecule has 2 rings (SSSR count). The zero-order valence-electron chi connectivity index (χ0n) is 10.5. The standard InChI is InChI=1S/C12H13BrN2O3S/c1-3-18-11-5-4-10(13)8-12(11)19(16,17)15-7-6-9(2)14-15/h4-8H,3H2,1-2H3. The molecule has 0 saturated heterocycles. The van der Waals surface area contributed by atoms with E-state index in [0.717, 1.165) is 4.09 Å². The van der Waals surface area contributed by atoms with Crippen molar-refractivity contribution in [1.29, 1.82) is 0 Å². The lowest BCUT2D eigenvalue weighted by Crippen LogP contribution is -2.15. The monoisotopic (exact) mass is 344 g/mol. The molecule has 0 aliphatic carbocycles. The van der Waals surface area contributed by atoms with Gasteiger partial charge < -0.3 is 4.74 Å². The van der Waals surface area contributed by atoms with E-state index in [4.69, 9.17) is 4.74 Å². The zero-order valence-corrected chi connectivity index (χ0v) is 12.9. The first-order chi connectivity index (χ1) is 8.95. The van der Waals surface area contributed by atoms with Gasteiger partial charge in [0.1, 0.15) is 10.6 Å². The molecule has 1 aromatic carbocycles. The van der Waals surface area contributed by atoms with Gasteiger partial charge in [0.25, 0.3) is 10.0 Å². The maximum atomic E-state index is 12.5. The van der Waals surface area contributed by atoms with Gasteiger partial charge >= 0.3 is 0 Å². The molecule has 0 amide bonds. The van der Waals surface area contributed by atoms with Crippen molar-refractivity contribution in [2.75, 3.05) is 6.61 Å². The van der Waals surface area contributed by atoms with Crippen molar-refractivity contribution in [3.05, 3.63) is 40.6 Å². The topological polar surface area (TPSA) is 61.2 Å². The first kappa shape index (κ1) is 14.1. The van der Waals surface area contributed by atoms with Crippen LogP contribution in [0.25, 0.3) is 0 Å². The molecule has 0 radical (unpaired) electrons. The molecule has 0 unspecified atom stereocenters. The molecule has 1 aromatic heterocycles. The van der Waals surface area contributed by atoms with E-state index < -0.39 is 10.0 Å². The van der Waals surface area contributed by atoms with Crippen LogP contribution in [0.2, 0.25) is 0 Å². The van der Waals surface area contributed by atoms with Crippen molar-refractivity contribution in [2.24, 2.45) is 0 Å². The second kappa shape index (κ2) is 5.34. The van der Waals surface area contributed by atoms with Crippen LogP contribution in [0, 0.1) is 6.92 Å². The van der Waals surface area contributed by atoms with E-state index in [9.17, 15) is 8.42 Å². The molecular weight excluding hydrogens is 332 g/mol. The Hall–Kier alpha value is -1.34. The van der Waals surface area contributed by atoms with Gasteiger partial charge in [-0.15, -0.1) is 0 Å². The van der Waals surface area contributed by atoms with Crippen LogP contribution in [0.1, 0.15) is 12.6 Å². The lowest BCUT2D eigenvalue weighted by atomic mass is 10.3. The fourth-order valence-corrected chi connectivity index (χ4v) is 3.42. The zero-order chi connectivity index (χ0) is 14.0. The fourth-order valence-electron chi connectivity index (χ4n) is 1.59. The van der Waals surface area contributed by atoms with Crippen molar-refractivity contribution in [3.8, 4) is 5.75 Å². The number of aryl methyl sites for hydroxylation is 1. The summed E-state index contributed by atoms with van der Waals surface area (Å²) in [5.41, 5.74) is 0.636. The third-order valence-electron chi connectivity index (χ3n) is 2.43. The average molecular weight is 345 g/mol. The molecule has 19 heavy (non-hydrogen) atoms. The van der Waals surface area contributed by atoms with Gasteiger partial charge in [0.2, 0.25) is 0 Å². The minimum Gasteiger partial charge on any atom is -0.492 e. The first-order valence-corrected chi connectivity index (χ1v) is 7.88. The van der Waals surface area contributed by atoms with Crippen LogP contribution >= 0.6 is 15.9 Å². The van der Waals surface area contributed by atoms with Gasteiger partial charge in [0, 0.05) is 10.7 Å². The van der Waals surface area contributed by atoms with Crippen LogP contribution in [0.15, 0.2) is 39.8 Å². The van der Waals surface area contributed by atoms with Crippen molar-refractivity contribution < 1.29 is 13.2 Å². The number of nitrogens with zero attached hydrogens (tertiary/aromatic N) is 2. The molecule has 0 aliphatic heterocycles. The Morgan fingerprint density at radius 2 is 2.11 bits per heavy atom. The highest BCUT2D eigenvalue weighted by Gasteiger charge is 2.23. The normalized spacial score (nSPS) is 11.5. The summed E-state index contributed by atoms with van der Waals surface area (Å²) in [6.45, 7) is 3.93. The summed E-state index contributed by atoms with van der Waals surface area (Å²) in [6, 6.07) is 6.50. The average Bonchev–Trinajstić information content (AvgIpc) is 2.79. The summed E-state index contributed by atoms with van der Waals surface area (Å²) in [5.74, 6) is 0.318. The number of ether oxygens (including phenoxy) is 1. The Morgan fingerprint density at radius 1 is 1.37 bits per heavy atom. The highest BCUT2D eigenvalue weighted by molar-refractivity contribution is 9.10. The Labute approximate surface area is 120 Å². The van der Waals surface area contributed by atoms with Gasteiger partial charge in [0.15, 0.2) is 0 Å². The molecule has 0 spiro atoms. The Morgan fingerprint density at radius 3 is 2.68 bits per heavy atom. The van der Waals surface area contributed by atoms with E-state index in [1.54, 1.807) is 32.0 Å². The molecule has 0 fully saturated rings. The van der Waals surface area contributed by atoms with E-state index in [0.29, 0.717) is 22.5 Å². The van der Waals surface area contributed by atoms with Gasteiger partial charge in [-0.05, 0) is 38.1 Å².